The van der Waals surface area contributed by atoms with Gasteiger partial charge in [-0.05, 0) is 33.2 Å². The molecule has 1 amide bonds. The second kappa shape index (κ2) is 3.96. The van der Waals surface area contributed by atoms with Gasteiger partial charge in [0, 0.05) is 0 Å². The highest BCUT2D eigenvalue weighted by Crippen LogP contribution is 2.13. The summed E-state index contributed by atoms with van der Waals surface area (Å²) in [7, 11) is 0. The first-order valence-electron chi connectivity index (χ1n) is 4.69. The summed E-state index contributed by atoms with van der Waals surface area (Å²) in [4.78, 5) is 22.4. The van der Waals surface area contributed by atoms with E-state index in [9.17, 15) is 9.59 Å². The molecular weight excluding hydrogens is 184 g/mol. The third-order valence-corrected chi connectivity index (χ3v) is 2.29. The average Bonchev–Trinajstić information content (AvgIpc) is 2.54. The Morgan fingerprint density at radius 1 is 1.50 bits per heavy atom. The fraction of sp³-hybridized carbons (Fsp3) is 0.778. The van der Waals surface area contributed by atoms with E-state index in [-0.39, 0.29) is 6.04 Å². The molecule has 0 aromatic heterocycles. The van der Waals surface area contributed by atoms with E-state index in [1.54, 1.807) is 0 Å². The van der Waals surface area contributed by atoms with Crippen LogP contribution >= 0.6 is 0 Å². The Balaban J connectivity index is 2.51. The molecule has 0 aromatic rings. The van der Waals surface area contributed by atoms with Gasteiger partial charge in [-0.2, -0.15) is 0 Å². The maximum Gasteiger partial charge on any atom is 0.324 e. The minimum atomic E-state index is -1.22. The third kappa shape index (κ3) is 2.45. The van der Waals surface area contributed by atoms with Crippen LogP contribution in [0, 0.1) is 0 Å². The molecule has 1 heterocycles. The van der Waals surface area contributed by atoms with Gasteiger partial charge < -0.3 is 15.8 Å². The number of amides is 1. The number of primary amides is 1. The molecule has 0 unspecified atom stereocenters. The number of hydrogen-bond donors (Lipinski definition) is 2. The van der Waals surface area contributed by atoms with Crippen molar-refractivity contribution in [2.75, 3.05) is 6.54 Å². The van der Waals surface area contributed by atoms with Crippen molar-refractivity contribution in [1.29, 1.82) is 0 Å². The van der Waals surface area contributed by atoms with E-state index in [1.807, 2.05) is 0 Å². The van der Waals surface area contributed by atoms with Gasteiger partial charge in [0.25, 0.3) is 5.91 Å². The number of esters is 1. The number of nitrogens with one attached hydrogen (secondary N) is 1. The first kappa shape index (κ1) is 11.0. The van der Waals surface area contributed by atoms with Crippen molar-refractivity contribution in [1.82, 2.24) is 5.32 Å². The van der Waals surface area contributed by atoms with Crippen LogP contribution in [-0.4, -0.2) is 30.1 Å². The number of nitrogens with two attached hydrogens (primary N) is 1. The van der Waals surface area contributed by atoms with Gasteiger partial charge in [-0.1, -0.05) is 0 Å². The summed E-state index contributed by atoms with van der Waals surface area (Å²) in [5.41, 5.74) is 3.86. The van der Waals surface area contributed by atoms with Gasteiger partial charge in [-0.15, -0.1) is 0 Å². The predicted octanol–water partition coefficient (Wildman–Crippen LogP) is -0.454. The van der Waals surface area contributed by atoms with Crippen molar-refractivity contribution in [2.45, 2.75) is 38.3 Å². The molecule has 1 aliphatic heterocycles. The lowest BCUT2D eigenvalue weighted by atomic mass is 10.1. The zero-order valence-corrected chi connectivity index (χ0v) is 8.50. The van der Waals surface area contributed by atoms with Crippen LogP contribution < -0.4 is 11.1 Å². The monoisotopic (exact) mass is 200 g/mol. The van der Waals surface area contributed by atoms with Crippen LogP contribution in [0.1, 0.15) is 26.7 Å². The molecule has 3 N–H and O–H groups in total. The van der Waals surface area contributed by atoms with Crippen LogP contribution in [0.3, 0.4) is 0 Å². The summed E-state index contributed by atoms with van der Waals surface area (Å²) >= 11 is 0. The highest BCUT2D eigenvalue weighted by Gasteiger charge is 2.33. The number of hydrogen-bond acceptors (Lipinski definition) is 4. The van der Waals surface area contributed by atoms with Gasteiger partial charge in [0.15, 0.2) is 5.60 Å². The minimum Gasteiger partial charge on any atom is -0.448 e. The van der Waals surface area contributed by atoms with Gasteiger partial charge in [-0.3, -0.25) is 9.59 Å². The molecule has 14 heavy (non-hydrogen) atoms. The first-order valence-corrected chi connectivity index (χ1v) is 4.69. The van der Waals surface area contributed by atoms with Gasteiger partial charge in [0.2, 0.25) is 0 Å². The van der Waals surface area contributed by atoms with Crippen molar-refractivity contribution in [3.8, 4) is 0 Å². The lowest BCUT2D eigenvalue weighted by molar-refractivity contribution is -0.165. The van der Waals surface area contributed by atoms with E-state index >= 15 is 0 Å². The van der Waals surface area contributed by atoms with Crippen molar-refractivity contribution >= 4 is 11.9 Å². The average molecular weight is 200 g/mol. The van der Waals surface area contributed by atoms with Crippen LogP contribution in [0.25, 0.3) is 0 Å². The molecular formula is C9H16N2O3. The number of ether oxygens (including phenoxy) is 1. The summed E-state index contributed by atoms with van der Waals surface area (Å²) in [5.74, 6) is -1.03. The van der Waals surface area contributed by atoms with Gasteiger partial charge >= 0.3 is 5.97 Å². The molecule has 1 saturated heterocycles. The summed E-state index contributed by atoms with van der Waals surface area (Å²) < 4.78 is 5.01. The van der Waals surface area contributed by atoms with Gasteiger partial charge in [0.1, 0.15) is 6.04 Å². The molecule has 0 bridgehead atoms. The SMILES string of the molecule is CC(C)(OC(=O)[C@@H]1CCCN1)C(N)=O. The number of rotatable bonds is 3. The van der Waals surface area contributed by atoms with Crippen molar-refractivity contribution < 1.29 is 14.3 Å². The molecule has 1 atom stereocenters. The van der Waals surface area contributed by atoms with E-state index in [4.69, 9.17) is 10.5 Å². The molecule has 1 fully saturated rings. The lowest BCUT2D eigenvalue weighted by Gasteiger charge is -2.23. The zero-order chi connectivity index (χ0) is 10.8. The Bertz CT molecular complexity index is 244. The second-order valence-corrected chi connectivity index (χ2v) is 3.94. The Morgan fingerprint density at radius 3 is 2.57 bits per heavy atom. The predicted molar refractivity (Wildman–Crippen MR) is 50.4 cm³/mol. The largest absolute Gasteiger partial charge is 0.448 e. The first-order chi connectivity index (χ1) is 6.43. The smallest absolute Gasteiger partial charge is 0.324 e. The Morgan fingerprint density at radius 2 is 2.14 bits per heavy atom. The molecule has 1 aliphatic rings. The van der Waals surface area contributed by atoms with Crippen LogP contribution in [0.2, 0.25) is 0 Å². The topological polar surface area (TPSA) is 81.4 Å². The summed E-state index contributed by atoms with van der Waals surface area (Å²) in [6, 6.07) is -0.284. The van der Waals surface area contributed by atoms with Crippen LogP contribution in [0.5, 0.6) is 0 Å². The molecule has 0 saturated carbocycles. The quantitative estimate of drug-likeness (QED) is 0.604. The van der Waals surface area contributed by atoms with Crippen LogP contribution in [0.15, 0.2) is 0 Å². The second-order valence-electron chi connectivity index (χ2n) is 3.94. The summed E-state index contributed by atoms with van der Waals surface area (Å²) in [5, 5.41) is 2.99. The van der Waals surface area contributed by atoms with E-state index in [0.29, 0.717) is 0 Å². The molecule has 5 nitrogen and oxygen atoms in total. The Hall–Kier alpha value is -1.10. The zero-order valence-electron chi connectivity index (χ0n) is 8.50. The number of carbonyl (C=O) groups is 2. The Labute approximate surface area is 83.0 Å². The van der Waals surface area contributed by atoms with E-state index in [1.165, 1.54) is 13.8 Å². The fourth-order valence-electron chi connectivity index (χ4n) is 1.26. The summed E-state index contributed by atoms with van der Waals surface area (Å²) in [6.07, 6.45) is 1.71. The molecule has 0 spiro atoms. The van der Waals surface area contributed by atoms with Crippen LogP contribution in [0.4, 0.5) is 0 Å². The van der Waals surface area contributed by atoms with E-state index in [0.717, 1.165) is 19.4 Å². The fourth-order valence-corrected chi connectivity index (χ4v) is 1.26. The Kier molecular flexibility index (Phi) is 3.10. The van der Waals surface area contributed by atoms with E-state index in [2.05, 4.69) is 5.32 Å². The van der Waals surface area contributed by atoms with Crippen molar-refractivity contribution in [2.24, 2.45) is 5.73 Å². The normalized spacial score (nSPS) is 22.0. The molecule has 80 valence electrons. The summed E-state index contributed by atoms with van der Waals surface area (Å²) in [6.45, 7) is 3.79. The highest BCUT2D eigenvalue weighted by molar-refractivity contribution is 5.86. The molecule has 1 rings (SSSR count). The molecule has 0 aromatic carbocycles. The van der Waals surface area contributed by atoms with Crippen LogP contribution in [-0.2, 0) is 14.3 Å². The standard InChI is InChI=1S/C9H16N2O3/c1-9(2,8(10)13)14-7(12)6-4-3-5-11-6/h6,11H,3-5H2,1-2H3,(H2,10,13)/t6-/m0/s1. The minimum absolute atomic E-state index is 0.284. The van der Waals surface area contributed by atoms with Gasteiger partial charge in [0.05, 0.1) is 0 Å². The molecule has 0 aliphatic carbocycles. The molecule has 0 radical (unpaired) electrons. The van der Waals surface area contributed by atoms with E-state index < -0.39 is 17.5 Å². The van der Waals surface area contributed by atoms with Gasteiger partial charge in [-0.25, -0.2) is 0 Å². The third-order valence-electron chi connectivity index (χ3n) is 2.29. The number of carbonyl (C=O) groups excluding carboxylic acids is 2. The maximum atomic E-state index is 11.5. The highest BCUT2D eigenvalue weighted by atomic mass is 16.6. The molecule has 5 heteroatoms. The van der Waals surface area contributed by atoms with Crippen molar-refractivity contribution in [3.63, 3.8) is 0 Å². The lowest BCUT2D eigenvalue weighted by Crippen LogP contribution is -2.46. The van der Waals surface area contributed by atoms with Crippen molar-refractivity contribution in [3.05, 3.63) is 0 Å². The maximum absolute atomic E-state index is 11.5.